The van der Waals surface area contributed by atoms with Crippen molar-refractivity contribution < 1.29 is 0 Å². The Hall–Kier alpha value is -4.45. The average molecular weight is 747 g/mol. The van der Waals surface area contributed by atoms with Crippen LogP contribution in [-0.2, 0) is 5.41 Å². The summed E-state index contributed by atoms with van der Waals surface area (Å²) in [4.78, 5) is 25.3. The second-order valence-electron chi connectivity index (χ2n) is 13.8. The van der Waals surface area contributed by atoms with Crippen LogP contribution in [0, 0.1) is 6.92 Å². The molecule has 1 aliphatic rings. The number of aromatic nitrogens is 6. The lowest BCUT2D eigenvalue weighted by atomic mass is 9.80. The monoisotopic (exact) mass is 747 g/mol. The summed E-state index contributed by atoms with van der Waals surface area (Å²) in [5, 5.41) is 0. The Morgan fingerprint density at radius 2 is 1.05 bits per heavy atom. The molecule has 0 saturated carbocycles. The van der Waals surface area contributed by atoms with Gasteiger partial charge in [0.05, 0.1) is 33.1 Å². The van der Waals surface area contributed by atoms with Crippen LogP contribution >= 0.6 is 0 Å². The van der Waals surface area contributed by atoms with Crippen molar-refractivity contribution in [2.75, 3.05) is 0 Å². The third-order valence-electron chi connectivity index (χ3n) is 9.46. The maximum atomic E-state index is 4.99. The lowest BCUT2D eigenvalue weighted by Crippen LogP contribution is -2.22. The quantitative estimate of drug-likeness (QED) is 0.122. The van der Waals surface area contributed by atoms with Crippen molar-refractivity contribution in [3.05, 3.63) is 89.8 Å². The first-order chi connectivity index (χ1) is 26.8. The number of unbranched alkanes of at least 4 members (excludes halogenated alkanes) is 5. The van der Waals surface area contributed by atoms with Crippen molar-refractivity contribution in [2.24, 2.45) is 0 Å². The molecule has 1 aliphatic carbocycles. The summed E-state index contributed by atoms with van der Waals surface area (Å²) < 4.78 is 0. The van der Waals surface area contributed by atoms with E-state index in [0.717, 1.165) is 68.1 Å². The van der Waals surface area contributed by atoms with Gasteiger partial charge < -0.3 is 15.0 Å². The Kier molecular flexibility index (Phi) is 21.1. The molecule has 6 aromatic rings. The van der Waals surface area contributed by atoms with Gasteiger partial charge in [0.25, 0.3) is 0 Å². The van der Waals surface area contributed by atoms with E-state index in [1.54, 1.807) is 0 Å². The first-order valence-corrected chi connectivity index (χ1v) is 21.7. The second-order valence-corrected chi connectivity index (χ2v) is 13.8. The molecule has 3 heterocycles. The lowest BCUT2D eigenvalue weighted by Gasteiger charge is -2.26. The lowest BCUT2D eigenvalue weighted by molar-refractivity contribution is 0.558. The number of fused-ring (bicyclic) bond motifs is 3. The summed E-state index contributed by atoms with van der Waals surface area (Å²) in [6.07, 6.45) is 19.7. The van der Waals surface area contributed by atoms with E-state index in [0.29, 0.717) is 0 Å². The van der Waals surface area contributed by atoms with Crippen LogP contribution in [0.1, 0.15) is 159 Å². The second kappa shape index (κ2) is 24.9. The van der Waals surface area contributed by atoms with Crippen molar-refractivity contribution in [1.82, 2.24) is 29.9 Å². The SMILES string of the molecule is CC.CC.CC.CCCC.CCCC.CCCCCCC1=CCC(C)(c2nc3ccc(-c4nc5ccc(-c6nc7ccc(C)cc7[nH]6)cc5[nH]4)cc3[nH]2)C=C1. The van der Waals surface area contributed by atoms with E-state index in [2.05, 4.69) is 136 Å². The van der Waals surface area contributed by atoms with E-state index in [4.69, 9.17) is 15.0 Å². The summed E-state index contributed by atoms with van der Waals surface area (Å²) in [6.45, 7) is 27.3. The molecular weight excluding hydrogens is 673 g/mol. The molecule has 6 heteroatoms. The molecule has 0 bridgehead atoms. The molecule has 6 nitrogen and oxygen atoms in total. The zero-order valence-corrected chi connectivity index (χ0v) is 36.8. The van der Waals surface area contributed by atoms with Gasteiger partial charge >= 0.3 is 0 Å². The maximum Gasteiger partial charge on any atom is 0.138 e. The Bertz CT molecular complexity index is 2010. The number of nitrogens with zero attached hydrogens (tertiary/aromatic N) is 3. The molecule has 0 aliphatic heterocycles. The van der Waals surface area contributed by atoms with Gasteiger partial charge in [-0.15, -0.1) is 0 Å². The van der Waals surface area contributed by atoms with Gasteiger partial charge in [-0.25, -0.2) is 15.0 Å². The highest BCUT2D eigenvalue weighted by Gasteiger charge is 2.28. The van der Waals surface area contributed by atoms with Gasteiger partial charge in [-0.05, 0) is 87.2 Å². The van der Waals surface area contributed by atoms with Crippen molar-refractivity contribution in [3.8, 4) is 22.8 Å². The maximum absolute atomic E-state index is 4.99. The fraction of sp³-hybridized carbons (Fsp3) is 0.490. The molecule has 7 rings (SSSR count). The van der Waals surface area contributed by atoms with Gasteiger partial charge in [0, 0.05) is 16.5 Å². The minimum absolute atomic E-state index is 0.128. The average Bonchev–Trinajstić information content (AvgIpc) is 3.99. The summed E-state index contributed by atoms with van der Waals surface area (Å²) >= 11 is 0. The molecule has 300 valence electrons. The van der Waals surface area contributed by atoms with Crippen molar-refractivity contribution in [3.63, 3.8) is 0 Å². The third kappa shape index (κ3) is 13.1. The molecule has 3 aromatic heterocycles. The van der Waals surface area contributed by atoms with Crippen LogP contribution in [0.5, 0.6) is 0 Å². The van der Waals surface area contributed by atoms with E-state index >= 15 is 0 Å². The van der Waals surface area contributed by atoms with Crippen LogP contribution in [0.4, 0.5) is 0 Å². The number of aryl methyl sites for hydroxylation is 1. The predicted molar refractivity (Wildman–Crippen MR) is 244 cm³/mol. The molecule has 3 N–H and O–H groups in total. The van der Waals surface area contributed by atoms with Crippen LogP contribution < -0.4 is 0 Å². The van der Waals surface area contributed by atoms with Gasteiger partial charge in [-0.2, -0.15) is 0 Å². The third-order valence-corrected chi connectivity index (χ3v) is 9.46. The number of H-pyrrole nitrogens is 3. The molecule has 1 unspecified atom stereocenters. The topological polar surface area (TPSA) is 86.0 Å². The van der Waals surface area contributed by atoms with E-state index in [9.17, 15) is 0 Å². The standard InChI is InChI=1S/C35H36N6.2C4H10.3C2H6/c1-4-5-6-7-8-23-15-17-35(3,18-16-23)34-40-28-14-11-25(21-31(28)41-34)33-37-27-13-10-24(20-30(27)39-33)32-36-26-12-9-22(2)19-29(26)38-32;2*1-3-4-2;3*1-2/h9-17,19-21H,4-8,18H2,1-3H3,(H,36,38)(H,37,39)(H,40,41);2*3-4H2,1-2H3;3*1-2H3. The van der Waals surface area contributed by atoms with E-state index in [1.807, 2.05) is 41.5 Å². The number of allylic oxidation sites excluding steroid dienone is 4. The summed E-state index contributed by atoms with van der Waals surface area (Å²) in [5.74, 6) is 2.71. The zero-order valence-electron chi connectivity index (χ0n) is 36.8. The van der Waals surface area contributed by atoms with E-state index in [1.165, 1.54) is 68.9 Å². The zero-order chi connectivity index (χ0) is 40.8. The Balaban J connectivity index is 0.000000659. The van der Waals surface area contributed by atoms with E-state index in [-0.39, 0.29) is 5.41 Å². The highest BCUT2D eigenvalue weighted by molar-refractivity contribution is 5.87. The van der Waals surface area contributed by atoms with Crippen molar-refractivity contribution in [1.29, 1.82) is 0 Å². The number of hydrogen-bond donors (Lipinski definition) is 3. The van der Waals surface area contributed by atoms with Gasteiger partial charge in [0.2, 0.25) is 0 Å². The summed E-state index contributed by atoms with van der Waals surface area (Å²) in [7, 11) is 0. The fourth-order valence-corrected chi connectivity index (χ4v) is 5.87. The Morgan fingerprint density at radius 3 is 1.55 bits per heavy atom. The highest BCUT2D eigenvalue weighted by Crippen LogP contribution is 2.35. The first-order valence-electron chi connectivity index (χ1n) is 21.7. The summed E-state index contributed by atoms with van der Waals surface area (Å²) in [6, 6.07) is 18.9. The predicted octanol–water partition coefficient (Wildman–Crippen LogP) is 15.8. The first kappa shape index (κ1) is 46.7. The Labute approximate surface area is 334 Å². The van der Waals surface area contributed by atoms with Crippen LogP contribution in [0.2, 0.25) is 0 Å². The van der Waals surface area contributed by atoms with Crippen LogP contribution in [0.25, 0.3) is 55.9 Å². The number of hydrogen-bond acceptors (Lipinski definition) is 3. The fourth-order valence-electron chi connectivity index (χ4n) is 5.87. The number of benzene rings is 3. The molecular formula is C49H74N6. The molecule has 0 saturated heterocycles. The van der Waals surface area contributed by atoms with E-state index < -0.39 is 0 Å². The summed E-state index contributed by atoms with van der Waals surface area (Å²) in [5.41, 5.74) is 10.5. The van der Waals surface area contributed by atoms with Crippen LogP contribution in [0.3, 0.4) is 0 Å². The van der Waals surface area contributed by atoms with Gasteiger partial charge in [-0.1, -0.05) is 151 Å². The van der Waals surface area contributed by atoms with Gasteiger partial charge in [0.1, 0.15) is 17.5 Å². The number of rotatable bonds is 10. The number of nitrogens with one attached hydrogen (secondary N) is 3. The molecule has 0 spiro atoms. The molecule has 0 radical (unpaired) electrons. The highest BCUT2D eigenvalue weighted by atomic mass is 15.0. The van der Waals surface area contributed by atoms with Crippen molar-refractivity contribution in [2.45, 2.75) is 160 Å². The van der Waals surface area contributed by atoms with Crippen LogP contribution in [0.15, 0.2) is 78.4 Å². The number of imidazole rings is 3. The Morgan fingerprint density at radius 1 is 0.564 bits per heavy atom. The van der Waals surface area contributed by atoms with Gasteiger partial charge in [-0.3, -0.25) is 0 Å². The molecule has 55 heavy (non-hydrogen) atoms. The minimum Gasteiger partial charge on any atom is -0.341 e. The minimum atomic E-state index is -0.128. The van der Waals surface area contributed by atoms with Gasteiger partial charge in [0.15, 0.2) is 0 Å². The molecule has 0 fully saturated rings. The molecule has 0 amide bonds. The molecule has 3 aromatic carbocycles. The van der Waals surface area contributed by atoms with Crippen molar-refractivity contribution >= 4 is 33.1 Å². The molecule has 1 atom stereocenters. The number of aromatic amines is 3. The largest absolute Gasteiger partial charge is 0.341 e. The smallest absolute Gasteiger partial charge is 0.138 e. The van der Waals surface area contributed by atoms with Crippen LogP contribution in [-0.4, -0.2) is 29.9 Å². The normalized spacial score (nSPS) is 14.2.